The van der Waals surface area contributed by atoms with E-state index in [0.717, 1.165) is 42.9 Å². The van der Waals surface area contributed by atoms with E-state index < -0.39 is 0 Å². The Bertz CT molecular complexity index is 708. The van der Waals surface area contributed by atoms with Crippen molar-refractivity contribution in [3.63, 3.8) is 0 Å². The molecule has 9 atom stereocenters. The quantitative estimate of drug-likeness (QED) is 0.467. The number of hydrogen-bond donors (Lipinski definition) is 2. The molecule has 2 heteroatoms. The van der Waals surface area contributed by atoms with Crippen molar-refractivity contribution < 1.29 is 10.2 Å². The van der Waals surface area contributed by atoms with E-state index in [1.165, 1.54) is 44.1 Å². The molecule has 0 aromatic carbocycles. The molecule has 31 heavy (non-hydrogen) atoms. The second-order valence-electron chi connectivity index (χ2n) is 12.6. The van der Waals surface area contributed by atoms with E-state index in [1.807, 2.05) is 6.92 Å². The van der Waals surface area contributed by atoms with Crippen molar-refractivity contribution in [3.8, 4) is 0 Å². The Labute approximate surface area is 191 Å². The van der Waals surface area contributed by atoms with Crippen LogP contribution in [0.2, 0.25) is 0 Å². The van der Waals surface area contributed by atoms with Gasteiger partial charge in [-0.3, -0.25) is 0 Å². The second kappa shape index (κ2) is 8.64. The summed E-state index contributed by atoms with van der Waals surface area (Å²) in [6.45, 7) is 14.0. The standard InChI is InChI=1S/C29H48O2/c1-18(2)23(20(4)30)9-7-19(3)25-11-12-26-24-10-8-21-17-22(31)13-15-28(21,5)27(24)14-16-29(25,26)6/h8-9,18-20,22,24-27,30-31H,7,10-17H2,1-6H3/b23-9-/t19?,20?,22-,24?,25+,26?,27?,28-,29+/m0/s1. The lowest BCUT2D eigenvalue weighted by Gasteiger charge is -2.58. The molecule has 0 aromatic rings. The topological polar surface area (TPSA) is 40.5 Å². The number of fused-ring (bicyclic) bond motifs is 5. The van der Waals surface area contributed by atoms with Gasteiger partial charge in [0.1, 0.15) is 0 Å². The normalized spacial score (nSPS) is 44.9. The van der Waals surface area contributed by atoms with Crippen LogP contribution in [0.25, 0.3) is 0 Å². The molecule has 0 radical (unpaired) electrons. The smallest absolute Gasteiger partial charge is 0.0724 e. The first-order valence-corrected chi connectivity index (χ1v) is 13.3. The molecule has 0 bridgehead atoms. The van der Waals surface area contributed by atoms with Gasteiger partial charge >= 0.3 is 0 Å². The zero-order valence-corrected chi connectivity index (χ0v) is 21.0. The summed E-state index contributed by atoms with van der Waals surface area (Å²) in [4.78, 5) is 0. The molecule has 4 aliphatic carbocycles. The SMILES string of the molecule is CC(C)/C(=C/CC(C)[C@H]1CCC2C3CC=C4C[C@@H](O)CC[C@]4(C)C3CC[C@@]21C)C(C)O. The Morgan fingerprint density at radius 3 is 2.48 bits per heavy atom. The molecular formula is C29H48O2. The first-order valence-electron chi connectivity index (χ1n) is 13.3. The van der Waals surface area contributed by atoms with Gasteiger partial charge in [0, 0.05) is 0 Å². The van der Waals surface area contributed by atoms with Crippen LogP contribution >= 0.6 is 0 Å². The largest absolute Gasteiger partial charge is 0.393 e. The van der Waals surface area contributed by atoms with Gasteiger partial charge < -0.3 is 10.2 Å². The summed E-state index contributed by atoms with van der Waals surface area (Å²) in [5.41, 5.74) is 3.63. The molecule has 4 aliphatic rings. The minimum absolute atomic E-state index is 0.105. The lowest BCUT2D eigenvalue weighted by Crippen LogP contribution is -2.50. The van der Waals surface area contributed by atoms with Gasteiger partial charge in [-0.05, 0) is 117 Å². The minimum Gasteiger partial charge on any atom is -0.393 e. The maximum absolute atomic E-state index is 10.2. The lowest BCUT2D eigenvalue weighted by molar-refractivity contribution is -0.0565. The van der Waals surface area contributed by atoms with Crippen molar-refractivity contribution in [1.82, 2.24) is 0 Å². The average Bonchev–Trinajstić information content (AvgIpc) is 3.05. The van der Waals surface area contributed by atoms with Crippen molar-refractivity contribution in [2.24, 2.45) is 46.3 Å². The van der Waals surface area contributed by atoms with E-state index in [-0.39, 0.29) is 12.2 Å². The summed E-state index contributed by atoms with van der Waals surface area (Å²) in [5, 5.41) is 20.4. The van der Waals surface area contributed by atoms with E-state index in [4.69, 9.17) is 0 Å². The van der Waals surface area contributed by atoms with Crippen LogP contribution in [0.1, 0.15) is 99.3 Å². The van der Waals surface area contributed by atoms with Gasteiger partial charge in [-0.15, -0.1) is 0 Å². The van der Waals surface area contributed by atoms with Gasteiger partial charge in [0.2, 0.25) is 0 Å². The van der Waals surface area contributed by atoms with E-state index in [1.54, 1.807) is 5.57 Å². The van der Waals surface area contributed by atoms with E-state index in [0.29, 0.717) is 22.7 Å². The van der Waals surface area contributed by atoms with Crippen LogP contribution in [0.15, 0.2) is 23.3 Å². The molecule has 0 amide bonds. The third kappa shape index (κ3) is 3.99. The maximum atomic E-state index is 10.2. The Morgan fingerprint density at radius 1 is 1.06 bits per heavy atom. The molecule has 2 nitrogen and oxygen atoms in total. The fourth-order valence-electron chi connectivity index (χ4n) is 8.99. The highest BCUT2D eigenvalue weighted by Gasteiger charge is 2.59. The van der Waals surface area contributed by atoms with Crippen LogP contribution in [0, 0.1) is 46.3 Å². The van der Waals surface area contributed by atoms with Crippen molar-refractivity contribution in [2.45, 2.75) is 112 Å². The highest BCUT2D eigenvalue weighted by Crippen LogP contribution is 2.67. The zero-order valence-electron chi connectivity index (χ0n) is 21.0. The van der Waals surface area contributed by atoms with Crippen LogP contribution in [-0.2, 0) is 0 Å². The summed E-state index contributed by atoms with van der Waals surface area (Å²) >= 11 is 0. The summed E-state index contributed by atoms with van der Waals surface area (Å²) in [6, 6.07) is 0. The first kappa shape index (κ1) is 23.6. The molecule has 0 heterocycles. The fraction of sp³-hybridized carbons (Fsp3) is 0.862. The molecule has 0 aliphatic heterocycles. The van der Waals surface area contributed by atoms with Gasteiger partial charge in [0.15, 0.2) is 0 Å². The second-order valence-corrected chi connectivity index (χ2v) is 12.6. The lowest BCUT2D eigenvalue weighted by atomic mass is 9.47. The molecule has 176 valence electrons. The Hall–Kier alpha value is -0.600. The third-order valence-electron chi connectivity index (χ3n) is 10.7. The number of allylic oxidation sites excluding steroid dienone is 2. The molecule has 0 saturated heterocycles. The zero-order chi connectivity index (χ0) is 22.6. The predicted molar refractivity (Wildman–Crippen MR) is 130 cm³/mol. The predicted octanol–water partition coefficient (Wildman–Crippen LogP) is 6.92. The highest BCUT2D eigenvalue weighted by molar-refractivity contribution is 5.25. The van der Waals surface area contributed by atoms with Crippen LogP contribution in [-0.4, -0.2) is 22.4 Å². The summed E-state index contributed by atoms with van der Waals surface area (Å²) in [7, 11) is 0. The van der Waals surface area contributed by atoms with Crippen LogP contribution in [0.5, 0.6) is 0 Å². The van der Waals surface area contributed by atoms with E-state index >= 15 is 0 Å². The fourth-order valence-corrected chi connectivity index (χ4v) is 8.99. The van der Waals surface area contributed by atoms with Crippen molar-refractivity contribution >= 4 is 0 Å². The summed E-state index contributed by atoms with van der Waals surface area (Å²) in [5.74, 6) is 4.46. The van der Waals surface area contributed by atoms with Gasteiger partial charge in [0.05, 0.1) is 12.2 Å². The van der Waals surface area contributed by atoms with Crippen molar-refractivity contribution in [1.29, 1.82) is 0 Å². The first-order chi connectivity index (χ1) is 14.6. The summed E-state index contributed by atoms with van der Waals surface area (Å²) in [6.07, 6.45) is 15.5. The molecule has 3 saturated carbocycles. The average molecular weight is 429 g/mol. The van der Waals surface area contributed by atoms with Gasteiger partial charge in [-0.1, -0.05) is 52.3 Å². The van der Waals surface area contributed by atoms with Crippen LogP contribution in [0.3, 0.4) is 0 Å². The van der Waals surface area contributed by atoms with E-state index in [2.05, 4.69) is 46.8 Å². The van der Waals surface area contributed by atoms with Gasteiger partial charge in [-0.2, -0.15) is 0 Å². The number of rotatable bonds is 5. The van der Waals surface area contributed by atoms with E-state index in [9.17, 15) is 10.2 Å². The van der Waals surface area contributed by atoms with Gasteiger partial charge in [-0.25, -0.2) is 0 Å². The molecule has 5 unspecified atom stereocenters. The third-order valence-corrected chi connectivity index (χ3v) is 10.7. The molecule has 0 aromatic heterocycles. The maximum Gasteiger partial charge on any atom is 0.0724 e. The Morgan fingerprint density at radius 2 is 1.81 bits per heavy atom. The summed E-state index contributed by atoms with van der Waals surface area (Å²) < 4.78 is 0. The van der Waals surface area contributed by atoms with Crippen molar-refractivity contribution in [2.75, 3.05) is 0 Å². The van der Waals surface area contributed by atoms with Crippen LogP contribution in [0.4, 0.5) is 0 Å². The monoisotopic (exact) mass is 428 g/mol. The number of aliphatic hydroxyl groups excluding tert-OH is 2. The van der Waals surface area contributed by atoms with Crippen LogP contribution < -0.4 is 0 Å². The Balaban J connectivity index is 1.51. The molecule has 0 spiro atoms. The molecule has 3 fully saturated rings. The number of aliphatic hydroxyl groups is 2. The molecule has 4 rings (SSSR count). The van der Waals surface area contributed by atoms with Gasteiger partial charge in [0.25, 0.3) is 0 Å². The minimum atomic E-state index is -0.326. The van der Waals surface area contributed by atoms with Crippen molar-refractivity contribution in [3.05, 3.63) is 23.3 Å². The molecule has 2 N–H and O–H groups in total. The Kier molecular flexibility index (Phi) is 6.56. The number of hydrogen-bond acceptors (Lipinski definition) is 2. The molecular weight excluding hydrogens is 380 g/mol. The highest BCUT2D eigenvalue weighted by atomic mass is 16.3.